The van der Waals surface area contributed by atoms with Crippen molar-refractivity contribution in [1.29, 1.82) is 0 Å². The zero-order valence-corrected chi connectivity index (χ0v) is 24.2. The highest BCUT2D eigenvalue weighted by molar-refractivity contribution is 5.90. The third kappa shape index (κ3) is 7.41. The molecule has 2 N–H and O–H groups in total. The number of nitrogens with zero attached hydrogens (tertiary/aromatic N) is 4. The molecule has 1 aliphatic heterocycles. The Hall–Kier alpha value is -4.22. The van der Waals surface area contributed by atoms with Crippen LogP contribution >= 0.6 is 0 Å². The average molecular weight is 597 g/mol. The van der Waals surface area contributed by atoms with Gasteiger partial charge in [0, 0.05) is 56.6 Å². The molecular weight excluding hydrogens is 561 g/mol. The van der Waals surface area contributed by atoms with E-state index in [2.05, 4.69) is 49.8 Å². The van der Waals surface area contributed by atoms with E-state index in [-0.39, 0.29) is 29.7 Å². The standard InChI is InChI=1S/C31H35F3N6O3/c1-21(41)37-20-29(2)13-15-40(16-14-29)24-6-3-22(4-7-24)17-36-28(42)30(11-12-30)25-9-10-27(39-38-25)43-19-23-5-8-26(35-18-23)31(32,33)34/h3-10,18H,11-17,19-20H2,1-2H3,(H,36,42)(H,37,41). The first-order chi connectivity index (χ1) is 20.5. The van der Waals surface area contributed by atoms with Gasteiger partial charge in [-0.25, -0.2) is 0 Å². The summed E-state index contributed by atoms with van der Waals surface area (Å²) in [4.78, 5) is 30.2. The minimum absolute atomic E-state index is 0.00475. The Morgan fingerprint density at radius 3 is 2.19 bits per heavy atom. The average Bonchev–Trinajstić information content (AvgIpc) is 3.81. The first-order valence-electron chi connectivity index (χ1n) is 14.3. The van der Waals surface area contributed by atoms with E-state index in [9.17, 15) is 22.8 Å². The molecular formula is C31H35F3N6O3. The third-order valence-electron chi connectivity index (χ3n) is 8.31. The molecule has 2 aromatic heterocycles. The molecule has 1 aromatic carbocycles. The highest BCUT2D eigenvalue weighted by Crippen LogP contribution is 2.47. The lowest BCUT2D eigenvalue weighted by molar-refractivity contribution is -0.141. The molecule has 1 saturated heterocycles. The molecule has 1 saturated carbocycles. The van der Waals surface area contributed by atoms with Gasteiger partial charge in [0.25, 0.3) is 0 Å². The summed E-state index contributed by atoms with van der Waals surface area (Å²) in [6.07, 6.45) is -0.0503. The maximum absolute atomic E-state index is 13.1. The lowest BCUT2D eigenvalue weighted by Gasteiger charge is -2.40. The van der Waals surface area contributed by atoms with Crippen molar-refractivity contribution in [3.05, 3.63) is 77.2 Å². The van der Waals surface area contributed by atoms with Crippen molar-refractivity contribution in [2.75, 3.05) is 24.5 Å². The zero-order chi connectivity index (χ0) is 30.7. The highest BCUT2D eigenvalue weighted by atomic mass is 19.4. The Labute approximate surface area is 248 Å². The topological polar surface area (TPSA) is 109 Å². The number of amides is 2. The van der Waals surface area contributed by atoms with Crippen molar-refractivity contribution >= 4 is 17.5 Å². The maximum atomic E-state index is 13.1. The molecule has 0 spiro atoms. The van der Waals surface area contributed by atoms with Gasteiger partial charge in [0.1, 0.15) is 12.3 Å². The highest BCUT2D eigenvalue weighted by Gasteiger charge is 2.52. The predicted molar refractivity (Wildman–Crippen MR) is 153 cm³/mol. The van der Waals surface area contributed by atoms with Crippen molar-refractivity contribution < 1.29 is 27.5 Å². The maximum Gasteiger partial charge on any atom is 0.433 e. The van der Waals surface area contributed by atoms with E-state index >= 15 is 0 Å². The summed E-state index contributed by atoms with van der Waals surface area (Å²) in [5, 5.41) is 14.3. The molecule has 43 heavy (non-hydrogen) atoms. The number of benzene rings is 1. The largest absolute Gasteiger partial charge is 0.472 e. The number of ether oxygens (including phenoxy) is 1. The molecule has 3 heterocycles. The van der Waals surface area contributed by atoms with E-state index in [1.54, 1.807) is 19.1 Å². The fourth-order valence-electron chi connectivity index (χ4n) is 5.21. The van der Waals surface area contributed by atoms with Gasteiger partial charge in [0.2, 0.25) is 17.7 Å². The van der Waals surface area contributed by atoms with Crippen LogP contribution < -0.4 is 20.3 Å². The molecule has 0 radical (unpaired) electrons. The van der Waals surface area contributed by atoms with Crippen LogP contribution in [0.2, 0.25) is 0 Å². The van der Waals surface area contributed by atoms with Crippen molar-refractivity contribution in [2.24, 2.45) is 5.41 Å². The van der Waals surface area contributed by atoms with Crippen molar-refractivity contribution in [1.82, 2.24) is 25.8 Å². The minimum atomic E-state index is -4.50. The molecule has 9 nitrogen and oxygen atoms in total. The van der Waals surface area contributed by atoms with E-state index in [1.807, 2.05) is 12.1 Å². The van der Waals surface area contributed by atoms with Crippen LogP contribution in [-0.4, -0.2) is 46.6 Å². The van der Waals surface area contributed by atoms with Crippen LogP contribution in [0.5, 0.6) is 5.88 Å². The van der Waals surface area contributed by atoms with E-state index in [0.717, 1.165) is 49.4 Å². The summed E-state index contributed by atoms with van der Waals surface area (Å²) < 4.78 is 43.6. The van der Waals surface area contributed by atoms with Crippen molar-refractivity contribution in [2.45, 2.75) is 64.3 Å². The third-order valence-corrected chi connectivity index (χ3v) is 8.31. The molecule has 12 heteroatoms. The number of carbonyl (C=O) groups is 2. The number of alkyl halides is 3. The fraction of sp³-hybridized carbons (Fsp3) is 0.452. The summed E-state index contributed by atoms with van der Waals surface area (Å²) in [5.41, 5.74) is 1.57. The number of hydrogen-bond donors (Lipinski definition) is 2. The van der Waals surface area contributed by atoms with Gasteiger partial charge < -0.3 is 20.3 Å². The number of carbonyl (C=O) groups excluding carboxylic acids is 2. The molecule has 0 bridgehead atoms. The van der Waals surface area contributed by atoms with Gasteiger partial charge in [0.15, 0.2) is 0 Å². The first kappa shape index (κ1) is 30.2. The minimum Gasteiger partial charge on any atom is -0.472 e. The molecule has 1 aliphatic carbocycles. The molecule has 3 aromatic rings. The van der Waals surface area contributed by atoms with Crippen LogP contribution in [0.25, 0.3) is 0 Å². The summed E-state index contributed by atoms with van der Waals surface area (Å²) in [6, 6.07) is 13.7. The van der Waals surface area contributed by atoms with E-state index < -0.39 is 17.3 Å². The molecule has 2 aliphatic rings. The number of aromatic nitrogens is 3. The Kier molecular flexibility index (Phi) is 8.57. The van der Waals surface area contributed by atoms with Crippen molar-refractivity contribution in [3.63, 3.8) is 0 Å². The van der Waals surface area contributed by atoms with Crippen LogP contribution in [0.1, 0.15) is 62.0 Å². The lowest BCUT2D eigenvalue weighted by atomic mass is 9.80. The van der Waals surface area contributed by atoms with Gasteiger partial charge in [-0.1, -0.05) is 25.1 Å². The van der Waals surface area contributed by atoms with Gasteiger partial charge in [0.05, 0.1) is 11.1 Å². The van der Waals surface area contributed by atoms with Crippen LogP contribution in [-0.2, 0) is 34.3 Å². The van der Waals surface area contributed by atoms with Gasteiger partial charge in [-0.2, -0.15) is 18.3 Å². The fourth-order valence-corrected chi connectivity index (χ4v) is 5.21. The molecule has 0 unspecified atom stereocenters. The zero-order valence-electron chi connectivity index (χ0n) is 24.2. The van der Waals surface area contributed by atoms with E-state index in [4.69, 9.17) is 4.74 Å². The molecule has 5 rings (SSSR count). The number of rotatable bonds is 10. The predicted octanol–water partition coefficient (Wildman–Crippen LogP) is 4.56. The Morgan fingerprint density at radius 1 is 0.930 bits per heavy atom. The Morgan fingerprint density at radius 2 is 1.63 bits per heavy atom. The first-order valence-corrected chi connectivity index (χ1v) is 14.3. The van der Waals surface area contributed by atoms with E-state index in [0.29, 0.717) is 37.2 Å². The smallest absolute Gasteiger partial charge is 0.433 e. The second-order valence-electron chi connectivity index (χ2n) is 11.7. The normalized spacial score (nSPS) is 17.2. The van der Waals surface area contributed by atoms with Gasteiger partial charge in [-0.05, 0) is 60.9 Å². The number of anilines is 1. The SMILES string of the molecule is CC(=O)NCC1(C)CCN(c2ccc(CNC(=O)C3(c4ccc(OCc5ccc(C(F)(F)F)nc5)nn4)CC3)cc2)CC1. The van der Waals surface area contributed by atoms with Crippen LogP contribution in [0.4, 0.5) is 18.9 Å². The number of hydrogen-bond acceptors (Lipinski definition) is 7. The van der Waals surface area contributed by atoms with E-state index in [1.165, 1.54) is 6.07 Å². The second-order valence-corrected chi connectivity index (χ2v) is 11.7. The van der Waals surface area contributed by atoms with Crippen LogP contribution in [0.3, 0.4) is 0 Å². The summed E-state index contributed by atoms with van der Waals surface area (Å²) in [6.45, 7) is 6.69. The van der Waals surface area contributed by atoms with Crippen molar-refractivity contribution in [3.8, 4) is 5.88 Å². The van der Waals surface area contributed by atoms with Gasteiger partial charge >= 0.3 is 6.18 Å². The monoisotopic (exact) mass is 596 g/mol. The number of nitrogens with one attached hydrogen (secondary N) is 2. The summed E-state index contributed by atoms with van der Waals surface area (Å²) in [5.74, 6) is 0.0981. The van der Waals surface area contributed by atoms with Gasteiger partial charge in [-0.15, -0.1) is 5.10 Å². The molecule has 228 valence electrons. The lowest BCUT2D eigenvalue weighted by Crippen LogP contribution is -2.44. The number of halogens is 3. The quantitative estimate of drug-likeness (QED) is 0.353. The second kappa shape index (κ2) is 12.2. The number of pyridine rings is 1. The van der Waals surface area contributed by atoms with Gasteiger partial charge in [-0.3, -0.25) is 14.6 Å². The van der Waals surface area contributed by atoms with Crippen LogP contribution in [0, 0.1) is 5.41 Å². The molecule has 2 fully saturated rings. The number of piperidine rings is 1. The summed E-state index contributed by atoms with van der Waals surface area (Å²) in [7, 11) is 0. The Bertz CT molecular complexity index is 1420. The summed E-state index contributed by atoms with van der Waals surface area (Å²) >= 11 is 0. The van der Waals surface area contributed by atoms with Crippen LogP contribution in [0.15, 0.2) is 54.7 Å². The molecule has 0 atom stereocenters. The Balaban J connectivity index is 1.09. The molecule has 2 amide bonds.